The molecule has 0 unspecified atom stereocenters. The average molecular weight is 338 g/mol. The first-order valence-corrected chi connectivity index (χ1v) is 8.28. The first-order chi connectivity index (χ1) is 12.2. The molecule has 6 nitrogen and oxygen atoms in total. The molecule has 1 N–H and O–H groups in total. The van der Waals surface area contributed by atoms with Gasteiger partial charge in [0.05, 0.1) is 0 Å². The number of ether oxygens (including phenoxy) is 2. The summed E-state index contributed by atoms with van der Waals surface area (Å²) in [5, 5.41) is 2.89. The Bertz CT molecular complexity index is 817. The van der Waals surface area contributed by atoms with E-state index in [4.69, 9.17) is 9.47 Å². The van der Waals surface area contributed by atoms with E-state index >= 15 is 0 Å². The van der Waals surface area contributed by atoms with Crippen molar-refractivity contribution in [3.63, 3.8) is 0 Å². The molecule has 128 valence electrons. The smallest absolute Gasteiger partial charge is 0.251 e. The van der Waals surface area contributed by atoms with Gasteiger partial charge in [0.25, 0.3) is 5.91 Å². The Labute approximate surface area is 145 Å². The van der Waals surface area contributed by atoms with Crippen molar-refractivity contribution in [2.24, 2.45) is 0 Å². The largest absolute Gasteiger partial charge is 0.454 e. The highest BCUT2D eigenvalue weighted by molar-refractivity contribution is 5.95. The highest BCUT2D eigenvalue weighted by atomic mass is 16.7. The van der Waals surface area contributed by atoms with Crippen LogP contribution in [0, 0.1) is 0 Å². The summed E-state index contributed by atoms with van der Waals surface area (Å²) in [5.41, 5.74) is 2.42. The fraction of sp³-hybridized carbons (Fsp3) is 0.263. The predicted octanol–water partition coefficient (Wildman–Crippen LogP) is 2.47. The average Bonchev–Trinajstić information content (AvgIpc) is 3.28. The normalized spacial score (nSPS) is 15.5. The van der Waals surface area contributed by atoms with Crippen molar-refractivity contribution in [1.82, 2.24) is 5.32 Å². The topological polar surface area (TPSA) is 67.9 Å². The molecule has 0 bridgehead atoms. The third-order valence-electron chi connectivity index (χ3n) is 4.41. The van der Waals surface area contributed by atoms with Crippen LogP contribution in [0.5, 0.6) is 11.5 Å². The Kier molecular flexibility index (Phi) is 4.01. The Morgan fingerprint density at radius 2 is 1.88 bits per heavy atom. The molecule has 0 saturated carbocycles. The van der Waals surface area contributed by atoms with Crippen LogP contribution in [0.4, 0.5) is 5.69 Å². The van der Waals surface area contributed by atoms with E-state index in [-0.39, 0.29) is 18.6 Å². The summed E-state index contributed by atoms with van der Waals surface area (Å²) in [6, 6.07) is 12.8. The van der Waals surface area contributed by atoms with E-state index in [2.05, 4.69) is 5.32 Å². The van der Waals surface area contributed by atoms with Crippen molar-refractivity contribution in [3.8, 4) is 11.5 Å². The first-order valence-electron chi connectivity index (χ1n) is 8.28. The van der Waals surface area contributed by atoms with Crippen LogP contribution in [0.3, 0.4) is 0 Å². The van der Waals surface area contributed by atoms with Gasteiger partial charge in [0.2, 0.25) is 12.7 Å². The molecule has 0 radical (unpaired) electrons. The van der Waals surface area contributed by atoms with Crippen LogP contribution in [0.2, 0.25) is 0 Å². The summed E-state index contributed by atoms with van der Waals surface area (Å²) < 4.78 is 10.5. The maximum absolute atomic E-state index is 12.3. The summed E-state index contributed by atoms with van der Waals surface area (Å²) in [4.78, 5) is 25.8. The number of hydrogen-bond acceptors (Lipinski definition) is 4. The zero-order valence-electron chi connectivity index (χ0n) is 13.7. The first kappa shape index (κ1) is 15.5. The van der Waals surface area contributed by atoms with Gasteiger partial charge in [0.15, 0.2) is 11.5 Å². The van der Waals surface area contributed by atoms with E-state index in [1.165, 1.54) is 0 Å². The fourth-order valence-corrected chi connectivity index (χ4v) is 3.04. The molecule has 1 fully saturated rings. The molecule has 4 rings (SSSR count). The molecule has 0 atom stereocenters. The third kappa shape index (κ3) is 3.15. The molecule has 1 saturated heterocycles. The van der Waals surface area contributed by atoms with Gasteiger partial charge in [-0.1, -0.05) is 12.1 Å². The summed E-state index contributed by atoms with van der Waals surface area (Å²) >= 11 is 0. The lowest BCUT2D eigenvalue weighted by Gasteiger charge is -2.16. The molecule has 0 aliphatic carbocycles. The van der Waals surface area contributed by atoms with Gasteiger partial charge in [-0.2, -0.15) is 0 Å². The van der Waals surface area contributed by atoms with E-state index < -0.39 is 0 Å². The van der Waals surface area contributed by atoms with Gasteiger partial charge in [-0.05, 0) is 42.3 Å². The molecule has 2 aromatic rings. The maximum atomic E-state index is 12.3. The number of rotatable bonds is 4. The van der Waals surface area contributed by atoms with E-state index in [0.29, 0.717) is 30.0 Å². The number of hydrogen-bond donors (Lipinski definition) is 1. The minimum atomic E-state index is -0.169. The minimum absolute atomic E-state index is 0.169. The van der Waals surface area contributed by atoms with Gasteiger partial charge in [-0.25, -0.2) is 0 Å². The van der Waals surface area contributed by atoms with Crippen LogP contribution in [-0.2, 0) is 11.3 Å². The zero-order valence-corrected chi connectivity index (χ0v) is 13.7. The summed E-state index contributed by atoms with van der Waals surface area (Å²) in [5.74, 6) is 1.25. The van der Waals surface area contributed by atoms with Gasteiger partial charge in [-0.15, -0.1) is 0 Å². The second-order valence-corrected chi connectivity index (χ2v) is 6.07. The molecule has 25 heavy (non-hydrogen) atoms. The van der Waals surface area contributed by atoms with Crippen molar-refractivity contribution >= 4 is 17.5 Å². The molecule has 0 aromatic heterocycles. The van der Waals surface area contributed by atoms with Gasteiger partial charge in [-0.3, -0.25) is 9.59 Å². The van der Waals surface area contributed by atoms with Crippen LogP contribution in [0.15, 0.2) is 42.5 Å². The number of carbonyl (C=O) groups excluding carboxylic acids is 2. The van der Waals surface area contributed by atoms with Crippen molar-refractivity contribution in [2.75, 3.05) is 18.2 Å². The second kappa shape index (κ2) is 6.47. The van der Waals surface area contributed by atoms with E-state index in [9.17, 15) is 9.59 Å². The molecule has 2 aliphatic heterocycles. The fourth-order valence-electron chi connectivity index (χ4n) is 3.04. The highest BCUT2D eigenvalue weighted by Crippen LogP contribution is 2.32. The van der Waals surface area contributed by atoms with Crippen LogP contribution in [0.1, 0.15) is 28.8 Å². The van der Waals surface area contributed by atoms with Crippen LogP contribution in [0.25, 0.3) is 0 Å². The lowest BCUT2D eigenvalue weighted by molar-refractivity contribution is -0.117. The molecular formula is C19H18N2O4. The Balaban J connectivity index is 1.38. The number of nitrogens with zero attached hydrogens (tertiary/aromatic N) is 1. The van der Waals surface area contributed by atoms with E-state index in [0.717, 1.165) is 24.2 Å². The quantitative estimate of drug-likeness (QED) is 0.930. The number of anilines is 1. The van der Waals surface area contributed by atoms with Crippen molar-refractivity contribution in [2.45, 2.75) is 19.4 Å². The van der Waals surface area contributed by atoms with Crippen LogP contribution >= 0.6 is 0 Å². The lowest BCUT2D eigenvalue weighted by Crippen LogP contribution is -2.24. The van der Waals surface area contributed by atoms with Gasteiger partial charge < -0.3 is 19.7 Å². The molecule has 6 heteroatoms. The molecule has 0 spiro atoms. The summed E-state index contributed by atoms with van der Waals surface area (Å²) in [6.07, 6.45) is 1.53. The molecule has 2 aliphatic rings. The molecule has 2 heterocycles. The second-order valence-electron chi connectivity index (χ2n) is 6.07. The van der Waals surface area contributed by atoms with Crippen molar-refractivity contribution < 1.29 is 19.1 Å². The Morgan fingerprint density at radius 1 is 1.08 bits per heavy atom. The van der Waals surface area contributed by atoms with Crippen molar-refractivity contribution in [3.05, 3.63) is 53.6 Å². The van der Waals surface area contributed by atoms with Gasteiger partial charge >= 0.3 is 0 Å². The van der Waals surface area contributed by atoms with E-state index in [1.54, 1.807) is 23.1 Å². The zero-order chi connectivity index (χ0) is 17.2. The van der Waals surface area contributed by atoms with E-state index in [1.807, 2.05) is 24.3 Å². The van der Waals surface area contributed by atoms with Crippen molar-refractivity contribution in [1.29, 1.82) is 0 Å². The van der Waals surface area contributed by atoms with Crippen LogP contribution < -0.4 is 19.7 Å². The molecule has 2 amide bonds. The van der Waals surface area contributed by atoms with Crippen LogP contribution in [-0.4, -0.2) is 25.2 Å². The SMILES string of the molecule is O=C(NCc1ccc(N2CCCC2=O)cc1)c1ccc2c(c1)OCO2. The number of nitrogens with one attached hydrogen (secondary N) is 1. The number of carbonyl (C=O) groups is 2. The maximum Gasteiger partial charge on any atom is 0.251 e. The summed E-state index contributed by atoms with van der Waals surface area (Å²) in [6.45, 7) is 1.38. The van der Waals surface area contributed by atoms with Gasteiger partial charge in [0, 0.05) is 30.8 Å². The third-order valence-corrected chi connectivity index (χ3v) is 4.41. The molecular weight excluding hydrogens is 320 g/mol. The predicted molar refractivity (Wildman–Crippen MR) is 91.8 cm³/mol. The Hall–Kier alpha value is -3.02. The minimum Gasteiger partial charge on any atom is -0.454 e. The standard InChI is InChI=1S/C19H18N2O4/c22-18-2-1-9-21(18)15-6-3-13(4-7-15)11-20-19(23)14-5-8-16-17(10-14)25-12-24-16/h3-8,10H,1-2,9,11-12H2,(H,20,23). The highest BCUT2D eigenvalue weighted by Gasteiger charge is 2.21. The van der Waals surface area contributed by atoms with Gasteiger partial charge in [0.1, 0.15) is 0 Å². The lowest BCUT2D eigenvalue weighted by atomic mass is 10.1. The number of benzene rings is 2. The summed E-state index contributed by atoms with van der Waals surface area (Å²) in [7, 11) is 0. The number of fused-ring (bicyclic) bond motifs is 1. The number of amides is 2. The monoisotopic (exact) mass is 338 g/mol. The Morgan fingerprint density at radius 3 is 2.64 bits per heavy atom. The molecule has 2 aromatic carbocycles.